The third kappa shape index (κ3) is 4.59. The minimum atomic E-state index is -0.245. The first kappa shape index (κ1) is 15.5. The number of rotatable bonds is 7. The quantitative estimate of drug-likeness (QED) is 0.776. The van der Waals surface area contributed by atoms with Crippen molar-refractivity contribution in [1.82, 2.24) is 5.32 Å². The van der Waals surface area contributed by atoms with Crippen LogP contribution in [0.4, 0.5) is 0 Å². The van der Waals surface area contributed by atoms with Gasteiger partial charge in [0.05, 0.1) is 11.4 Å². The monoisotopic (exact) mass is 289 g/mol. The standard InChI is InChI=1S/C13H20ClNO2S/c1-4-5-6-10(13(16)17-3)15-9(2)11-7-8-12(14)18-11/h7-10,15H,4-6H2,1-3H3. The number of thiophene rings is 1. The Bertz CT molecular complexity index is 381. The molecule has 0 aliphatic heterocycles. The second kappa shape index (κ2) is 7.77. The maximum absolute atomic E-state index is 11.7. The minimum absolute atomic E-state index is 0.100. The van der Waals surface area contributed by atoms with E-state index < -0.39 is 0 Å². The number of esters is 1. The van der Waals surface area contributed by atoms with Crippen LogP contribution in [0.25, 0.3) is 0 Å². The number of halogens is 1. The third-order valence-electron chi connectivity index (χ3n) is 2.80. The van der Waals surface area contributed by atoms with Crippen LogP contribution in [-0.4, -0.2) is 19.1 Å². The van der Waals surface area contributed by atoms with E-state index in [-0.39, 0.29) is 18.1 Å². The molecule has 0 aromatic carbocycles. The van der Waals surface area contributed by atoms with Gasteiger partial charge in [0.15, 0.2) is 0 Å². The summed E-state index contributed by atoms with van der Waals surface area (Å²) >= 11 is 7.45. The zero-order chi connectivity index (χ0) is 13.5. The first-order chi connectivity index (χ1) is 8.58. The molecule has 5 heteroatoms. The van der Waals surface area contributed by atoms with Gasteiger partial charge in [-0.25, -0.2) is 0 Å². The summed E-state index contributed by atoms with van der Waals surface area (Å²) in [6.07, 6.45) is 2.87. The highest BCUT2D eigenvalue weighted by Crippen LogP contribution is 2.27. The van der Waals surface area contributed by atoms with Gasteiger partial charge in [-0.05, 0) is 25.5 Å². The van der Waals surface area contributed by atoms with Crippen LogP contribution in [0.2, 0.25) is 4.34 Å². The van der Waals surface area contributed by atoms with Gasteiger partial charge in [-0.2, -0.15) is 0 Å². The molecular weight excluding hydrogens is 270 g/mol. The Hall–Kier alpha value is -0.580. The van der Waals surface area contributed by atoms with Crippen LogP contribution in [0.1, 0.15) is 44.0 Å². The van der Waals surface area contributed by atoms with E-state index in [1.54, 1.807) is 0 Å². The summed E-state index contributed by atoms with van der Waals surface area (Å²) in [5.74, 6) is -0.196. The molecule has 1 N–H and O–H groups in total. The van der Waals surface area contributed by atoms with E-state index in [4.69, 9.17) is 16.3 Å². The van der Waals surface area contributed by atoms with Crippen molar-refractivity contribution < 1.29 is 9.53 Å². The van der Waals surface area contributed by atoms with Crippen molar-refractivity contribution >= 4 is 28.9 Å². The summed E-state index contributed by atoms with van der Waals surface area (Å²) in [6, 6.07) is 3.71. The van der Waals surface area contributed by atoms with E-state index in [0.29, 0.717) is 0 Å². The normalized spacial score (nSPS) is 14.2. The number of methoxy groups -OCH3 is 1. The second-order valence-electron chi connectivity index (χ2n) is 4.25. The lowest BCUT2D eigenvalue weighted by molar-refractivity contribution is -0.143. The molecule has 0 saturated heterocycles. The summed E-state index contributed by atoms with van der Waals surface area (Å²) in [7, 11) is 1.43. The SMILES string of the molecule is CCCCC(NC(C)c1ccc(Cl)s1)C(=O)OC. The van der Waals surface area contributed by atoms with Crippen LogP contribution in [0, 0.1) is 0 Å². The molecule has 2 atom stereocenters. The van der Waals surface area contributed by atoms with Crippen molar-refractivity contribution in [3.8, 4) is 0 Å². The first-order valence-electron chi connectivity index (χ1n) is 6.17. The molecular formula is C13H20ClNO2S. The fourth-order valence-electron chi connectivity index (χ4n) is 1.76. The molecule has 18 heavy (non-hydrogen) atoms. The maximum Gasteiger partial charge on any atom is 0.322 e. The smallest absolute Gasteiger partial charge is 0.322 e. The Morgan fingerprint density at radius 1 is 1.56 bits per heavy atom. The highest BCUT2D eigenvalue weighted by atomic mass is 35.5. The van der Waals surface area contributed by atoms with Crippen molar-refractivity contribution in [3.05, 3.63) is 21.3 Å². The second-order valence-corrected chi connectivity index (χ2v) is 5.99. The Morgan fingerprint density at radius 2 is 2.28 bits per heavy atom. The first-order valence-corrected chi connectivity index (χ1v) is 7.37. The van der Waals surface area contributed by atoms with Gasteiger partial charge in [0.1, 0.15) is 6.04 Å². The van der Waals surface area contributed by atoms with E-state index in [1.165, 1.54) is 18.4 Å². The molecule has 0 fully saturated rings. The van der Waals surface area contributed by atoms with Crippen molar-refractivity contribution in [2.45, 2.75) is 45.2 Å². The van der Waals surface area contributed by atoms with Crippen molar-refractivity contribution in [2.75, 3.05) is 7.11 Å². The van der Waals surface area contributed by atoms with Gasteiger partial charge in [-0.15, -0.1) is 11.3 Å². The number of nitrogens with one attached hydrogen (secondary N) is 1. The van der Waals surface area contributed by atoms with Gasteiger partial charge in [0.25, 0.3) is 0 Å². The zero-order valence-corrected chi connectivity index (χ0v) is 12.6. The van der Waals surface area contributed by atoms with Crippen molar-refractivity contribution in [2.24, 2.45) is 0 Å². The molecule has 0 spiro atoms. The number of hydrogen-bond donors (Lipinski definition) is 1. The maximum atomic E-state index is 11.7. The molecule has 1 aromatic rings. The fraction of sp³-hybridized carbons (Fsp3) is 0.615. The molecule has 0 radical (unpaired) electrons. The van der Waals surface area contributed by atoms with E-state index in [2.05, 4.69) is 12.2 Å². The fourth-order valence-corrected chi connectivity index (χ4v) is 2.84. The average molecular weight is 290 g/mol. The highest BCUT2D eigenvalue weighted by molar-refractivity contribution is 7.16. The summed E-state index contributed by atoms with van der Waals surface area (Å²) in [5.41, 5.74) is 0. The van der Waals surface area contributed by atoms with E-state index in [9.17, 15) is 4.79 Å². The Labute approximate surface area is 117 Å². The van der Waals surface area contributed by atoms with Gasteiger partial charge >= 0.3 is 5.97 Å². The molecule has 2 unspecified atom stereocenters. The summed E-state index contributed by atoms with van der Waals surface area (Å²) < 4.78 is 5.59. The van der Waals surface area contributed by atoms with Gasteiger partial charge in [0.2, 0.25) is 0 Å². The minimum Gasteiger partial charge on any atom is -0.468 e. The number of hydrogen-bond acceptors (Lipinski definition) is 4. The Balaban J connectivity index is 2.61. The molecule has 1 heterocycles. The molecule has 102 valence electrons. The molecule has 0 aliphatic rings. The average Bonchev–Trinajstić information content (AvgIpc) is 2.80. The van der Waals surface area contributed by atoms with Crippen LogP contribution >= 0.6 is 22.9 Å². The number of unbranched alkanes of at least 4 members (excludes halogenated alkanes) is 1. The molecule has 0 amide bonds. The van der Waals surface area contributed by atoms with Gasteiger partial charge in [-0.1, -0.05) is 31.4 Å². The highest BCUT2D eigenvalue weighted by Gasteiger charge is 2.21. The number of ether oxygens (including phenoxy) is 1. The summed E-state index contributed by atoms with van der Waals surface area (Å²) in [6.45, 7) is 4.14. The lowest BCUT2D eigenvalue weighted by Crippen LogP contribution is -2.38. The van der Waals surface area contributed by atoms with E-state index >= 15 is 0 Å². The summed E-state index contributed by atoms with van der Waals surface area (Å²) in [4.78, 5) is 12.8. The van der Waals surface area contributed by atoms with Gasteiger partial charge < -0.3 is 4.74 Å². The lowest BCUT2D eigenvalue weighted by atomic mass is 10.1. The topological polar surface area (TPSA) is 38.3 Å². The van der Waals surface area contributed by atoms with Crippen molar-refractivity contribution in [1.29, 1.82) is 0 Å². The predicted molar refractivity (Wildman–Crippen MR) is 76.2 cm³/mol. The molecule has 3 nitrogen and oxygen atoms in total. The van der Waals surface area contributed by atoms with Crippen LogP contribution in [0.15, 0.2) is 12.1 Å². The number of carbonyl (C=O) groups excluding carboxylic acids is 1. The molecule has 0 aliphatic carbocycles. The van der Waals surface area contributed by atoms with Crippen LogP contribution in [0.3, 0.4) is 0 Å². The lowest BCUT2D eigenvalue weighted by Gasteiger charge is -2.20. The largest absolute Gasteiger partial charge is 0.468 e. The summed E-state index contributed by atoms with van der Waals surface area (Å²) in [5, 5.41) is 3.31. The third-order valence-corrected chi connectivity index (χ3v) is 4.22. The van der Waals surface area contributed by atoms with Crippen LogP contribution in [0.5, 0.6) is 0 Å². The van der Waals surface area contributed by atoms with Crippen LogP contribution in [-0.2, 0) is 9.53 Å². The van der Waals surface area contributed by atoms with Gasteiger partial charge in [0, 0.05) is 10.9 Å². The predicted octanol–water partition coefficient (Wildman–Crippen LogP) is 3.78. The molecule has 1 aromatic heterocycles. The molecule has 1 rings (SSSR count). The number of carbonyl (C=O) groups is 1. The van der Waals surface area contributed by atoms with Crippen molar-refractivity contribution in [3.63, 3.8) is 0 Å². The van der Waals surface area contributed by atoms with E-state index in [1.807, 2.05) is 19.1 Å². The zero-order valence-electron chi connectivity index (χ0n) is 11.0. The molecule has 0 saturated carbocycles. The molecule has 0 bridgehead atoms. The van der Waals surface area contributed by atoms with Gasteiger partial charge in [-0.3, -0.25) is 10.1 Å². The Kier molecular flexibility index (Phi) is 6.68. The van der Waals surface area contributed by atoms with E-state index in [0.717, 1.165) is 28.5 Å². The van der Waals surface area contributed by atoms with Crippen LogP contribution < -0.4 is 5.32 Å². The Morgan fingerprint density at radius 3 is 2.78 bits per heavy atom.